The quantitative estimate of drug-likeness (QED) is 0.588. The predicted octanol–water partition coefficient (Wildman–Crippen LogP) is 5.24. The zero-order chi connectivity index (χ0) is 21.5. The van der Waals surface area contributed by atoms with Gasteiger partial charge in [0.15, 0.2) is 0 Å². The molecule has 2 unspecified atom stereocenters. The molecule has 0 aliphatic carbocycles. The van der Waals surface area contributed by atoms with Crippen LogP contribution in [0.4, 0.5) is 5.82 Å². The SMILES string of the molecule is CC1=C(C(=O)N2CCCC2c2ccccn2)C(c2ccc(Cl)c(Cl)c2)n2nccc2N1. The highest BCUT2D eigenvalue weighted by Gasteiger charge is 2.39. The summed E-state index contributed by atoms with van der Waals surface area (Å²) in [6.45, 7) is 2.62. The number of aromatic nitrogens is 3. The van der Waals surface area contributed by atoms with Gasteiger partial charge in [-0.25, -0.2) is 4.68 Å². The highest BCUT2D eigenvalue weighted by molar-refractivity contribution is 6.42. The number of likely N-dealkylation sites (tertiary alicyclic amines) is 1. The molecule has 31 heavy (non-hydrogen) atoms. The van der Waals surface area contributed by atoms with Crippen molar-refractivity contribution in [1.82, 2.24) is 19.7 Å². The molecule has 0 bridgehead atoms. The highest BCUT2D eigenvalue weighted by Crippen LogP contribution is 2.41. The fourth-order valence-electron chi connectivity index (χ4n) is 4.52. The Labute approximate surface area is 190 Å². The minimum atomic E-state index is -0.404. The summed E-state index contributed by atoms with van der Waals surface area (Å²) >= 11 is 12.5. The number of hydrogen-bond donors (Lipinski definition) is 1. The average Bonchev–Trinajstić information content (AvgIpc) is 3.44. The first-order chi connectivity index (χ1) is 15.0. The van der Waals surface area contributed by atoms with Crippen LogP contribution in [0, 0.1) is 0 Å². The van der Waals surface area contributed by atoms with Gasteiger partial charge in [0.2, 0.25) is 0 Å². The fourth-order valence-corrected chi connectivity index (χ4v) is 4.83. The molecule has 3 aromatic rings. The molecule has 8 heteroatoms. The summed E-state index contributed by atoms with van der Waals surface area (Å²) in [5.41, 5.74) is 3.23. The van der Waals surface area contributed by atoms with E-state index in [1.54, 1.807) is 18.5 Å². The lowest BCUT2D eigenvalue weighted by molar-refractivity contribution is -0.128. The van der Waals surface area contributed by atoms with E-state index in [4.69, 9.17) is 23.2 Å². The Balaban J connectivity index is 1.58. The molecule has 2 aromatic heterocycles. The van der Waals surface area contributed by atoms with Gasteiger partial charge in [0.25, 0.3) is 5.91 Å². The van der Waals surface area contributed by atoms with Gasteiger partial charge >= 0.3 is 0 Å². The average molecular weight is 454 g/mol. The second kappa shape index (κ2) is 8.02. The molecular weight excluding hydrogens is 433 g/mol. The van der Waals surface area contributed by atoms with Crippen molar-refractivity contribution in [2.24, 2.45) is 0 Å². The number of fused-ring (bicyclic) bond motifs is 1. The lowest BCUT2D eigenvalue weighted by Gasteiger charge is -2.33. The monoisotopic (exact) mass is 453 g/mol. The van der Waals surface area contributed by atoms with Crippen LogP contribution in [0.5, 0.6) is 0 Å². The summed E-state index contributed by atoms with van der Waals surface area (Å²) in [5, 5.41) is 8.75. The van der Waals surface area contributed by atoms with Crippen LogP contribution < -0.4 is 5.32 Å². The van der Waals surface area contributed by atoms with Crippen molar-refractivity contribution >= 4 is 34.9 Å². The third-order valence-corrected chi connectivity index (χ3v) is 6.68. The van der Waals surface area contributed by atoms with E-state index < -0.39 is 6.04 Å². The molecule has 1 fully saturated rings. The molecule has 0 radical (unpaired) electrons. The number of nitrogens with one attached hydrogen (secondary N) is 1. The van der Waals surface area contributed by atoms with Gasteiger partial charge in [-0.15, -0.1) is 0 Å². The molecule has 4 heterocycles. The summed E-state index contributed by atoms with van der Waals surface area (Å²) in [6.07, 6.45) is 5.34. The van der Waals surface area contributed by atoms with E-state index in [0.29, 0.717) is 22.2 Å². The molecule has 2 aliphatic heterocycles. The minimum Gasteiger partial charge on any atom is -0.344 e. The van der Waals surface area contributed by atoms with Crippen LogP contribution in [0.3, 0.4) is 0 Å². The largest absolute Gasteiger partial charge is 0.344 e. The smallest absolute Gasteiger partial charge is 0.254 e. The van der Waals surface area contributed by atoms with Crippen molar-refractivity contribution < 1.29 is 4.79 Å². The second-order valence-corrected chi connectivity index (χ2v) is 8.63. The Bertz CT molecular complexity index is 1170. The third-order valence-electron chi connectivity index (χ3n) is 5.94. The summed E-state index contributed by atoms with van der Waals surface area (Å²) in [4.78, 5) is 20.4. The van der Waals surface area contributed by atoms with Gasteiger partial charge in [0.1, 0.15) is 11.9 Å². The van der Waals surface area contributed by atoms with Crippen LogP contribution in [-0.2, 0) is 4.79 Å². The Morgan fingerprint density at radius 3 is 2.77 bits per heavy atom. The minimum absolute atomic E-state index is 0.0182. The molecule has 2 aliphatic rings. The van der Waals surface area contributed by atoms with E-state index in [9.17, 15) is 4.79 Å². The van der Waals surface area contributed by atoms with Crippen molar-refractivity contribution in [2.45, 2.75) is 31.8 Å². The Morgan fingerprint density at radius 2 is 2.00 bits per heavy atom. The van der Waals surface area contributed by atoms with Crippen LogP contribution >= 0.6 is 23.2 Å². The van der Waals surface area contributed by atoms with Crippen LogP contribution in [-0.4, -0.2) is 32.1 Å². The third kappa shape index (κ3) is 3.50. The number of allylic oxidation sites excluding steroid dienone is 1. The van der Waals surface area contributed by atoms with Gasteiger partial charge in [0.05, 0.1) is 33.6 Å². The lowest BCUT2D eigenvalue weighted by Crippen LogP contribution is -2.38. The first kappa shape index (κ1) is 20.1. The number of hydrogen-bond acceptors (Lipinski definition) is 4. The number of carbonyl (C=O) groups is 1. The molecule has 0 saturated carbocycles. The molecule has 2 atom stereocenters. The van der Waals surface area contributed by atoms with E-state index in [1.165, 1.54) is 0 Å². The first-order valence-corrected chi connectivity index (χ1v) is 11.0. The molecule has 1 amide bonds. The molecular formula is C23H21Cl2N5O. The van der Waals surface area contributed by atoms with Crippen LogP contribution in [0.1, 0.15) is 43.1 Å². The number of rotatable bonds is 3. The lowest BCUT2D eigenvalue weighted by atomic mass is 9.94. The van der Waals surface area contributed by atoms with Crippen molar-refractivity contribution in [1.29, 1.82) is 0 Å². The maximum Gasteiger partial charge on any atom is 0.254 e. The number of amides is 1. The summed E-state index contributed by atoms with van der Waals surface area (Å²) in [5.74, 6) is 0.809. The van der Waals surface area contributed by atoms with Crippen molar-refractivity contribution in [3.63, 3.8) is 0 Å². The van der Waals surface area contributed by atoms with Gasteiger partial charge in [-0.3, -0.25) is 9.78 Å². The van der Waals surface area contributed by atoms with Gasteiger partial charge in [0, 0.05) is 24.5 Å². The summed E-state index contributed by atoms with van der Waals surface area (Å²) in [7, 11) is 0. The molecule has 1 aromatic carbocycles. The van der Waals surface area contributed by atoms with E-state index >= 15 is 0 Å². The Hall–Kier alpha value is -2.83. The number of anilines is 1. The second-order valence-electron chi connectivity index (χ2n) is 7.81. The maximum absolute atomic E-state index is 14.0. The predicted molar refractivity (Wildman–Crippen MR) is 121 cm³/mol. The van der Waals surface area contributed by atoms with Crippen molar-refractivity contribution in [2.75, 3.05) is 11.9 Å². The zero-order valence-electron chi connectivity index (χ0n) is 16.9. The van der Waals surface area contributed by atoms with Gasteiger partial charge < -0.3 is 10.2 Å². The number of benzene rings is 1. The van der Waals surface area contributed by atoms with Crippen LogP contribution in [0.15, 0.2) is 66.1 Å². The number of nitrogens with zero attached hydrogens (tertiary/aromatic N) is 4. The Morgan fingerprint density at radius 1 is 1.13 bits per heavy atom. The molecule has 0 spiro atoms. The molecule has 1 saturated heterocycles. The van der Waals surface area contributed by atoms with E-state index in [-0.39, 0.29) is 11.9 Å². The van der Waals surface area contributed by atoms with Crippen molar-refractivity contribution in [3.8, 4) is 0 Å². The normalized spacial score (nSPS) is 20.5. The van der Waals surface area contributed by atoms with Gasteiger partial charge in [-0.2, -0.15) is 5.10 Å². The Kier molecular flexibility index (Phi) is 5.20. The fraction of sp³-hybridized carbons (Fsp3) is 0.261. The first-order valence-electron chi connectivity index (χ1n) is 10.2. The van der Waals surface area contributed by atoms with Gasteiger partial charge in [-0.05, 0) is 49.6 Å². The van der Waals surface area contributed by atoms with E-state index in [2.05, 4.69) is 15.4 Å². The van der Waals surface area contributed by atoms with E-state index in [0.717, 1.165) is 35.6 Å². The van der Waals surface area contributed by atoms with Crippen LogP contribution in [0.2, 0.25) is 10.0 Å². The summed E-state index contributed by atoms with van der Waals surface area (Å²) in [6, 6.07) is 12.8. The maximum atomic E-state index is 14.0. The van der Waals surface area contributed by atoms with Crippen LogP contribution in [0.25, 0.3) is 0 Å². The molecule has 6 nitrogen and oxygen atoms in total. The van der Waals surface area contributed by atoms with Crippen molar-refractivity contribution in [3.05, 3.63) is 87.4 Å². The standard InChI is InChI=1S/C23H21Cl2N5O/c1-14-21(23(31)29-12-4-6-19(29)18-5-2-3-10-26-18)22(30-20(28-14)9-11-27-30)15-7-8-16(24)17(25)13-15/h2-3,5,7-11,13,19,22,28H,4,6,12H2,1H3. The van der Waals surface area contributed by atoms with E-state index in [1.807, 2.05) is 52.9 Å². The highest BCUT2D eigenvalue weighted by atomic mass is 35.5. The number of halogens is 2. The molecule has 5 rings (SSSR count). The topological polar surface area (TPSA) is 63.1 Å². The number of pyridine rings is 1. The summed E-state index contributed by atoms with van der Waals surface area (Å²) < 4.78 is 1.83. The van der Waals surface area contributed by atoms with Gasteiger partial charge in [-0.1, -0.05) is 35.3 Å². The molecule has 1 N–H and O–H groups in total. The number of carbonyl (C=O) groups excluding carboxylic acids is 1. The molecule has 158 valence electrons. The zero-order valence-corrected chi connectivity index (χ0v) is 18.4.